The van der Waals surface area contributed by atoms with E-state index in [1.54, 1.807) is 27.0 Å². The Kier molecular flexibility index (Phi) is 7.38. The number of hydrogen-bond donors (Lipinski definition) is 2. The molecule has 5 rings (SSSR count). The van der Waals surface area contributed by atoms with Gasteiger partial charge in [0.15, 0.2) is 0 Å². The van der Waals surface area contributed by atoms with Crippen molar-refractivity contribution in [2.24, 2.45) is 11.3 Å². The highest BCUT2D eigenvalue weighted by molar-refractivity contribution is 6.12. The Morgan fingerprint density at radius 3 is 2.30 bits per heavy atom. The number of imide groups is 1. The lowest BCUT2D eigenvalue weighted by atomic mass is 9.58. The summed E-state index contributed by atoms with van der Waals surface area (Å²) in [5.74, 6) is -3.94. The molecule has 0 aliphatic carbocycles. The van der Waals surface area contributed by atoms with Crippen LogP contribution in [-0.4, -0.2) is 64.6 Å². The molecule has 2 N–H and O–H groups in total. The summed E-state index contributed by atoms with van der Waals surface area (Å²) >= 11 is 0. The highest BCUT2D eigenvalue weighted by Gasteiger charge is 2.67. The van der Waals surface area contributed by atoms with Crippen LogP contribution in [0.2, 0.25) is 0 Å². The summed E-state index contributed by atoms with van der Waals surface area (Å²) in [5.41, 5.74) is -2.73. The van der Waals surface area contributed by atoms with Gasteiger partial charge in [0, 0.05) is 31.9 Å². The molecule has 3 heterocycles. The number of likely N-dealkylation sites (tertiary alicyclic amines) is 2. The molecule has 228 valence electrons. The molecule has 2 saturated heterocycles. The number of fused-ring (bicyclic) bond motifs is 1. The number of nitrogens with zero attached hydrogens (tertiary/aromatic N) is 2. The summed E-state index contributed by atoms with van der Waals surface area (Å²) in [6.07, 6.45) is -2.64. The summed E-state index contributed by atoms with van der Waals surface area (Å²) in [4.78, 5) is 59.6. The Hall–Kier alpha value is -4.22. The molecule has 0 saturated carbocycles. The van der Waals surface area contributed by atoms with Gasteiger partial charge in [0.25, 0.3) is 5.91 Å². The first-order chi connectivity index (χ1) is 20.1. The predicted molar refractivity (Wildman–Crippen MR) is 149 cm³/mol. The Morgan fingerprint density at radius 2 is 1.67 bits per heavy atom. The molecule has 0 radical (unpaired) electrons. The Balaban J connectivity index is 1.38. The number of alkyl halides is 3. The number of piperidine rings is 1. The number of carbonyl (C=O) groups is 4. The van der Waals surface area contributed by atoms with E-state index in [2.05, 4.69) is 10.3 Å². The van der Waals surface area contributed by atoms with Crippen LogP contribution in [0.1, 0.15) is 55.1 Å². The smallest absolute Gasteiger partial charge is 0.361 e. The minimum atomic E-state index is -4.78. The van der Waals surface area contributed by atoms with Gasteiger partial charge in [-0.15, -0.1) is 0 Å². The van der Waals surface area contributed by atoms with E-state index in [0.717, 1.165) is 15.8 Å². The molecule has 12 heteroatoms. The van der Waals surface area contributed by atoms with Gasteiger partial charge in [0.05, 0.1) is 22.0 Å². The molecule has 1 aromatic heterocycles. The van der Waals surface area contributed by atoms with Crippen LogP contribution in [0, 0.1) is 17.2 Å². The molecule has 43 heavy (non-hydrogen) atoms. The number of amides is 4. The molecule has 0 bridgehead atoms. The van der Waals surface area contributed by atoms with Gasteiger partial charge in [0.2, 0.25) is 17.7 Å². The summed E-state index contributed by atoms with van der Waals surface area (Å²) < 4.78 is 53.9. The zero-order valence-corrected chi connectivity index (χ0v) is 24.1. The second-order valence-corrected chi connectivity index (χ2v) is 11.9. The number of rotatable bonds is 5. The largest absolute Gasteiger partial charge is 0.416 e. The third kappa shape index (κ3) is 4.76. The average Bonchev–Trinajstić information content (AvgIpc) is 3.49. The van der Waals surface area contributed by atoms with Crippen molar-refractivity contribution in [3.05, 3.63) is 71.2 Å². The molecular formula is C31H32F4N4O4. The number of nitrogens with one attached hydrogen (secondary N) is 2. The molecule has 2 aliphatic heterocycles. The summed E-state index contributed by atoms with van der Waals surface area (Å²) in [6, 6.07) is 7.83. The van der Waals surface area contributed by atoms with Crippen molar-refractivity contribution in [3.63, 3.8) is 0 Å². The number of aromatic amines is 1. The van der Waals surface area contributed by atoms with Crippen LogP contribution < -0.4 is 5.32 Å². The molecule has 2 aliphatic rings. The fourth-order valence-electron chi connectivity index (χ4n) is 6.56. The number of aromatic nitrogens is 1. The van der Waals surface area contributed by atoms with Crippen molar-refractivity contribution in [1.29, 1.82) is 0 Å². The van der Waals surface area contributed by atoms with E-state index in [1.807, 2.05) is 24.3 Å². The Morgan fingerprint density at radius 1 is 1.00 bits per heavy atom. The molecular weight excluding hydrogens is 568 g/mol. The van der Waals surface area contributed by atoms with E-state index in [-0.39, 0.29) is 37.7 Å². The second-order valence-electron chi connectivity index (χ2n) is 11.9. The second kappa shape index (κ2) is 10.5. The minimum Gasteiger partial charge on any atom is -0.361 e. The van der Waals surface area contributed by atoms with E-state index in [9.17, 15) is 36.7 Å². The quantitative estimate of drug-likeness (QED) is 0.329. The molecule has 2 aromatic carbocycles. The maximum Gasteiger partial charge on any atom is 0.416 e. The van der Waals surface area contributed by atoms with E-state index in [1.165, 1.54) is 11.9 Å². The van der Waals surface area contributed by atoms with Crippen LogP contribution in [0.25, 0.3) is 10.9 Å². The lowest BCUT2D eigenvalue weighted by Crippen LogP contribution is -2.57. The van der Waals surface area contributed by atoms with Crippen molar-refractivity contribution >= 4 is 34.5 Å². The first-order valence-corrected chi connectivity index (χ1v) is 14.0. The van der Waals surface area contributed by atoms with Crippen molar-refractivity contribution in [2.75, 3.05) is 20.1 Å². The van der Waals surface area contributed by atoms with Gasteiger partial charge in [-0.3, -0.25) is 24.1 Å². The number of likely N-dealkylation sites (N-methyl/N-ethyl adjacent to an activating group) is 1. The Labute approximate surface area is 245 Å². The van der Waals surface area contributed by atoms with Crippen molar-refractivity contribution in [2.45, 2.75) is 51.2 Å². The predicted octanol–water partition coefficient (Wildman–Crippen LogP) is 4.65. The van der Waals surface area contributed by atoms with Gasteiger partial charge in [-0.25, -0.2) is 4.39 Å². The highest BCUT2D eigenvalue weighted by Crippen LogP contribution is 2.55. The monoisotopic (exact) mass is 600 g/mol. The van der Waals surface area contributed by atoms with E-state index < -0.39 is 57.7 Å². The van der Waals surface area contributed by atoms with Crippen LogP contribution in [-0.2, 0) is 26.0 Å². The summed E-state index contributed by atoms with van der Waals surface area (Å²) in [6.45, 7) is 5.27. The van der Waals surface area contributed by atoms with Crippen LogP contribution >= 0.6 is 0 Å². The fourth-order valence-corrected chi connectivity index (χ4v) is 6.56. The third-order valence-corrected chi connectivity index (χ3v) is 9.22. The maximum atomic E-state index is 14.4. The summed E-state index contributed by atoms with van der Waals surface area (Å²) in [5, 5.41) is 3.31. The third-order valence-electron chi connectivity index (χ3n) is 9.22. The van der Waals surface area contributed by atoms with Crippen LogP contribution in [0.4, 0.5) is 17.6 Å². The van der Waals surface area contributed by atoms with Crippen LogP contribution in [0.5, 0.6) is 0 Å². The van der Waals surface area contributed by atoms with Gasteiger partial charge >= 0.3 is 6.18 Å². The van der Waals surface area contributed by atoms with Gasteiger partial charge in [0.1, 0.15) is 11.9 Å². The molecule has 2 fully saturated rings. The van der Waals surface area contributed by atoms with Crippen LogP contribution in [0.15, 0.2) is 48.7 Å². The highest BCUT2D eigenvalue weighted by atomic mass is 19.4. The van der Waals surface area contributed by atoms with Crippen molar-refractivity contribution in [1.82, 2.24) is 20.1 Å². The number of hydrogen-bond acceptors (Lipinski definition) is 4. The standard InChI is InChI=1S/C31H32F4N4O4/c1-17(2)24(37-25(40)21-16-20(31(33,34)35)5-7-22(21)32)26(41)39-13-10-30(11-14-39)28(43)38(4)27(42)29(30,3)19-6-8-23-18(15-19)9-12-36-23/h5-9,12,15-17,24,36H,10-11,13-14H2,1-4H3,(H,37,40)/t24-,29?/m1/s1. The van der Waals surface area contributed by atoms with E-state index in [0.29, 0.717) is 23.8 Å². The normalized spacial score (nSPS) is 21.2. The number of carbonyl (C=O) groups excluding carboxylic acids is 4. The van der Waals surface area contributed by atoms with Gasteiger partial charge in [-0.05, 0) is 73.0 Å². The van der Waals surface area contributed by atoms with Crippen molar-refractivity contribution < 1.29 is 36.7 Å². The topological polar surface area (TPSA) is 103 Å². The first-order valence-electron chi connectivity index (χ1n) is 14.0. The van der Waals surface area contributed by atoms with Gasteiger partial charge in [-0.2, -0.15) is 13.2 Å². The number of benzene rings is 2. The van der Waals surface area contributed by atoms with Crippen LogP contribution in [0.3, 0.4) is 0 Å². The van der Waals surface area contributed by atoms with Crippen molar-refractivity contribution in [3.8, 4) is 0 Å². The van der Waals surface area contributed by atoms with Gasteiger partial charge in [-0.1, -0.05) is 19.9 Å². The van der Waals surface area contributed by atoms with Gasteiger partial charge < -0.3 is 15.2 Å². The number of halogens is 4. The lowest BCUT2D eigenvalue weighted by molar-refractivity contribution is -0.145. The lowest BCUT2D eigenvalue weighted by Gasteiger charge is -2.46. The molecule has 4 amide bonds. The van der Waals surface area contributed by atoms with E-state index >= 15 is 0 Å². The molecule has 1 spiro atoms. The average molecular weight is 601 g/mol. The summed E-state index contributed by atoms with van der Waals surface area (Å²) in [7, 11) is 1.46. The fraction of sp³-hybridized carbons (Fsp3) is 0.419. The first kappa shape index (κ1) is 30.2. The van der Waals surface area contributed by atoms with E-state index in [4.69, 9.17) is 0 Å². The minimum absolute atomic E-state index is 0.102. The maximum absolute atomic E-state index is 14.4. The molecule has 3 aromatic rings. The zero-order chi connectivity index (χ0) is 31.5. The SMILES string of the molecule is CC(C)[C@@H](NC(=O)c1cc(C(F)(F)F)ccc1F)C(=O)N1CCC2(CC1)C(=O)N(C)C(=O)C2(C)c1ccc2[nH]ccc2c1. The molecule has 8 nitrogen and oxygen atoms in total. The number of H-pyrrole nitrogens is 1. The molecule has 1 unspecified atom stereocenters. The zero-order valence-electron chi connectivity index (χ0n) is 24.1. The molecule has 2 atom stereocenters. The Bertz CT molecular complexity index is 1620.